The van der Waals surface area contributed by atoms with E-state index in [0.717, 1.165) is 19.1 Å². The van der Waals surface area contributed by atoms with Gasteiger partial charge >= 0.3 is 0 Å². The van der Waals surface area contributed by atoms with Gasteiger partial charge in [-0.15, -0.1) is 6.58 Å². The Morgan fingerprint density at radius 3 is 2.50 bits per heavy atom. The number of hydrogen-bond donors (Lipinski definition) is 2. The van der Waals surface area contributed by atoms with E-state index in [1.54, 1.807) is 12.2 Å². The van der Waals surface area contributed by atoms with Crippen LogP contribution in [0.5, 0.6) is 0 Å². The zero-order valence-corrected chi connectivity index (χ0v) is 7.66. The fraction of sp³-hybridized carbons (Fsp3) is 0.600. The van der Waals surface area contributed by atoms with Crippen molar-refractivity contribution in [2.75, 3.05) is 0 Å². The van der Waals surface area contributed by atoms with Gasteiger partial charge in [0, 0.05) is 0 Å². The van der Waals surface area contributed by atoms with Gasteiger partial charge < -0.3 is 10.2 Å². The molecule has 0 bridgehead atoms. The average Bonchev–Trinajstić information content (AvgIpc) is 2.02. The predicted octanol–water partition coefficient (Wildman–Crippen LogP) is 2.56. The highest BCUT2D eigenvalue weighted by Gasteiger charge is 2.22. The molecule has 2 nitrogen and oxygen atoms in total. The van der Waals surface area contributed by atoms with Gasteiger partial charge in [0.05, 0.1) is 11.9 Å². The summed E-state index contributed by atoms with van der Waals surface area (Å²) in [4.78, 5) is 0. The molecule has 0 saturated carbocycles. The molecule has 0 fully saturated rings. The second-order valence-electron chi connectivity index (χ2n) is 3.06. The molecule has 0 radical (unpaired) electrons. The van der Waals surface area contributed by atoms with Crippen LogP contribution in [0.15, 0.2) is 25.0 Å². The summed E-state index contributed by atoms with van der Waals surface area (Å²) in [5.74, 6) is 0. The summed E-state index contributed by atoms with van der Waals surface area (Å²) in [5.41, 5.74) is -0.713. The van der Waals surface area contributed by atoms with Gasteiger partial charge in [-0.2, -0.15) is 0 Å². The Kier molecular flexibility index (Phi) is 5.47. The lowest BCUT2D eigenvalue weighted by molar-refractivity contribution is 0.0362. The second kappa shape index (κ2) is 5.84. The van der Waals surface area contributed by atoms with E-state index in [2.05, 4.69) is 6.58 Å². The van der Waals surface area contributed by atoms with Crippen molar-refractivity contribution in [1.82, 2.24) is 0 Å². The van der Waals surface area contributed by atoms with Gasteiger partial charge in [-0.05, 0) is 25.3 Å². The first-order chi connectivity index (χ1) is 5.68. The van der Waals surface area contributed by atoms with Crippen LogP contribution >= 0.6 is 0 Å². The third-order valence-electron chi connectivity index (χ3n) is 1.84. The van der Waals surface area contributed by atoms with Crippen LogP contribution < -0.4 is 0 Å². The SMILES string of the molecule is C=CCC(O)(CC=CO)CCC. The number of hydrogen-bond acceptors (Lipinski definition) is 2. The molecule has 0 aromatic heterocycles. The van der Waals surface area contributed by atoms with E-state index in [-0.39, 0.29) is 0 Å². The van der Waals surface area contributed by atoms with Crippen molar-refractivity contribution in [3.63, 3.8) is 0 Å². The molecule has 0 aliphatic carbocycles. The molecule has 1 unspecified atom stereocenters. The van der Waals surface area contributed by atoms with Crippen molar-refractivity contribution < 1.29 is 10.2 Å². The molecule has 0 aromatic carbocycles. The molecule has 0 saturated heterocycles. The van der Waals surface area contributed by atoms with E-state index < -0.39 is 5.60 Å². The first kappa shape index (κ1) is 11.2. The second-order valence-corrected chi connectivity index (χ2v) is 3.06. The molecule has 0 aliphatic heterocycles. The van der Waals surface area contributed by atoms with Crippen LogP contribution in [0.2, 0.25) is 0 Å². The molecule has 0 aromatic rings. The van der Waals surface area contributed by atoms with Crippen molar-refractivity contribution in [1.29, 1.82) is 0 Å². The van der Waals surface area contributed by atoms with Gasteiger partial charge in [0.25, 0.3) is 0 Å². The summed E-state index contributed by atoms with van der Waals surface area (Å²) in [7, 11) is 0. The maximum atomic E-state index is 9.91. The molecule has 0 amide bonds. The Hall–Kier alpha value is -0.760. The van der Waals surface area contributed by atoms with Gasteiger partial charge in [-0.25, -0.2) is 0 Å². The van der Waals surface area contributed by atoms with Crippen LogP contribution in [0.25, 0.3) is 0 Å². The molecule has 2 N–H and O–H groups in total. The maximum Gasteiger partial charge on any atom is 0.0752 e. The van der Waals surface area contributed by atoms with Gasteiger partial charge in [0.15, 0.2) is 0 Å². The first-order valence-corrected chi connectivity index (χ1v) is 4.31. The molecule has 12 heavy (non-hydrogen) atoms. The molecule has 0 heterocycles. The number of rotatable bonds is 6. The molecule has 70 valence electrons. The molecule has 0 aliphatic rings. The van der Waals surface area contributed by atoms with Gasteiger partial charge in [-0.1, -0.05) is 19.4 Å². The van der Waals surface area contributed by atoms with Crippen LogP contribution in [0, 0.1) is 0 Å². The third-order valence-corrected chi connectivity index (χ3v) is 1.84. The standard InChI is InChI=1S/C10H18O2/c1-3-6-10(12,7-4-2)8-5-9-11/h3,5,9,11-12H,1,4,6-8H2,2H3. The van der Waals surface area contributed by atoms with E-state index in [1.807, 2.05) is 6.92 Å². The minimum Gasteiger partial charge on any atom is -0.516 e. The van der Waals surface area contributed by atoms with Crippen molar-refractivity contribution in [3.05, 3.63) is 25.0 Å². The topological polar surface area (TPSA) is 40.5 Å². The lowest BCUT2D eigenvalue weighted by atomic mass is 9.90. The normalized spacial score (nSPS) is 16.2. The Morgan fingerprint density at radius 1 is 1.42 bits per heavy atom. The number of aliphatic hydroxyl groups excluding tert-OH is 1. The van der Waals surface area contributed by atoms with Crippen LogP contribution in [0.4, 0.5) is 0 Å². The largest absolute Gasteiger partial charge is 0.516 e. The minimum atomic E-state index is -0.713. The summed E-state index contributed by atoms with van der Waals surface area (Å²) in [6.07, 6.45) is 6.99. The zero-order valence-electron chi connectivity index (χ0n) is 7.66. The fourth-order valence-electron chi connectivity index (χ4n) is 1.29. The first-order valence-electron chi connectivity index (χ1n) is 4.31. The van der Waals surface area contributed by atoms with E-state index in [0.29, 0.717) is 12.8 Å². The number of aliphatic hydroxyl groups is 2. The summed E-state index contributed by atoms with van der Waals surface area (Å²) in [6.45, 7) is 5.61. The highest BCUT2D eigenvalue weighted by atomic mass is 16.3. The monoisotopic (exact) mass is 170 g/mol. The maximum absolute atomic E-state index is 9.91. The smallest absolute Gasteiger partial charge is 0.0752 e. The molecular formula is C10H18O2. The van der Waals surface area contributed by atoms with Crippen LogP contribution in [0.3, 0.4) is 0 Å². The van der Waals surface area contributed by atoms with Gasteiger partial charge in [0.2, 0.25) is 0 Å². The predicted molar refractivity (Wildman–Crippen MR) is 51.1 cm³/mol. The Balaban J connectivity index is 4.06. The average molecular weight is 170 g/mol. The lowest BCUT2D eigenvalue weighted by Gasteiger charge is -2.24. The zero-order chi connectivity index (χ0) is 9.45. The Morgan fingerprint density at radius 2 is 2.08 bits per heavy atom. The quantitative estimate of drug-likeness (QED) is 0.475. The van der Waals surface area contributed by atoms with E-state index >= 15 is 0 Å². The van der Waals surface area contributed by atoms with Crippen molar-refractivity contribution in [2.24, 2.45) is 0 Å². The van der Waals surface area contributed by atoms with Gasteiger partial charge in [-0.3, -0.25) is 0 Å². The summed E-state index contributed by atoms with van der Waals surface area (Å²) >= 11 is 0. The van der Waals surface area contributed by atoms with Crippen molar-refractivity contribution in [2.45, 2.75) is 38.2 Å². The molecule has 0 spiro atoms. The van der Waals surface area contributed by atoms with E-state index in [1.165, 1.54) is 0 Å². The van der Waals surface area contributed by atoms with Gasteiger partial charge in [0.1, 0.15) is 0 Å². The van der Waals surface area contributed by atoms with Crippen molar-refractivity contribution in [3.8, 4) is 0 Å². The minimum absolute atomic E-state index is 0.489. The third kappa shape index (κ3) is 4.19. The van der Waals surface area contributed by atoms with E-state index in [9.17, 15) is 5.11 Å². The van der Waals surface area contributed by atoms with Crippen LogP contribution in [-0.4, -0.2) is 15.8 Å². The summed E-state index contributed by atoms with van der Waals surface area (Å²) in [6, 6.07) is 0. The lowest BCUT2D eigenvalue weighted by Crippen LogP contribution is -2.26. The summed E-state index contributed by atoms with van der Waals surface area (Å²) < 4.78 is 0. The molecular weight excluding hydrogens is 152 g/mol. The highest BCUT2D eigenvalue weighted by molar-refractivity contribution is 4.92. The van der Waals surface area contributed by atoms with E-state index in [4.69, 9.17) is 5.11 Å². The van der Waals surface area contributed by atoms with Crippen LogP contribution in [0.1, 0.15) is 32.6 Å². The fourth-order valence-corrected chi connectivity index (χ4v) is 1.29. The Bertz CT molecular complexity index is 152. The highest BCUT2D eigenvalue weighted by Crippen LogP contribution is 2.22. The molecule has 0 rings (SSSR count). The molecule has 1 atom stereocenters. The van der Waals surface area contributed by atoms with Crippen LogP contribution in [-0.2, 0) is 0 Å². The molecule has 2 heteroatoms. The van der Waals surface area contributed by atoms with Crippen molar-refractivity contribution >= 4 is 0 Å². The Labute approximate surface area is 74.2 Å². The summed E-state index contributed by atoms with van der Waals surface area (Å²) in [5, 5.41) is 18.4.